The number of phenols is 2. The molecule has 18 heavy (non-hydrogen) atoms. The normalized spacial score (nSPS) is 9.33. The number of benzene rings is 2. The molecule has 0 radical (unpaired) electrons. The lowest BCUT2D eigenvalue weighted by molar-refractivity contribution is 0.477. The summed E-state index contributed by atoms with van der Waals surface area (Å²) in [6, 6.07) is 9.17. The third kappa shape index (κ3) is 3.67. The van der Waals surface area contributed by atoms with Crippen LogP contribution in [-0.4, -0.2) is 10.2 Å². The van der Waals surface area contributed by atoms with Gasteiger partial charge >= 0.3 is 0 Å². The minimum Gasteiger partial charge on any atom is -0.506 e. The Kier molecular flexibility index (Phi) is 4.09. The summed E-state index contributed by atoms with van der Waals surface area (Å²) < 4.78 is 0. The van der Waals surface area contributed by atoms with Gasteiger partial charge in [-0.25, -0.2) is 0 Å². The first-order valence-electron chi connectivity index (χ1n) is 5.08. The van der Waals surface area contributed by atoms with E-state index in [1.165, 1.54) is 18.2 Å². The molecule has 6 heteroatoms. The molecule has 0 amide bonds. The first-order chi connectivity index (χ1) is 8.40. The molecule has 10 N–H and O–H groups in total. The van der Waals surface area contributed by atoms with Crippen LogP contribution in [0.2, 0.25) is 0 Å². The van der Waals surface area contributed by atoms with Crippen LogP contribution in [0.4, 0.5) is 22.7 Å². The van der Waals surface area contributed by atoms with Crippen molar-refractivity contribution < 1.29 is 10.2 Å². The highest BCUT2D eigenvalue weighted by Crippen LogP contribution is 2.21. The summed E-state index contributed by atoms with van der Waals surface area (Å²) in [6.07, 6.45) is 0. The van der Waals surface area contributed by atoms with Crippen LogP contribution >= 0.6 is 0 Å². The van der Waals surface area contributed by atoms with E-state index in [4.69, 9.17) is 33.1 Å². The Morgan fingerprint density at radius 1 is 0.611 bits per heavy atom. The lowest BCUT2D eigenvalue weighted by atomic mass is 10.3. The number of aromatic hydroxyl groups is 2. The number of anilines is 4. The number of hydrogen-bond acceptors (Lipinski definition) is 6. The van der Waals surface area contributed by atoms with Crippen molar-refractivity contribution in [1.82, 2.24) is 0 Å². The Hall–Kier alpha value is -2.76. The number of nitrogen functional groups attached to an aromatic ring is 4. The Morgan fingerprint density at radius 3 is 1.61 bits per heavy atom. The molecule has 0 bridgehead atoms. The predicted octanol–water partition coefficient (Wildman–Crippen LogP) is 1.11. The largest absolute Gasteiger partial charge is 0.506 e. The van der Waals surface area contributed by atoms with Gasteiger partial charge in [-0.3, -0.25) is 0 Å². The third-order valence-corrected chi connectivity index (χ3v) is 2.11. The maximum atomic E-state index is 8.90. The van der Waals surface area contributed by atoms with E-state index in [1.807, 2.05) is 0 Å². The van der Waals surface area contributed by atoms with Crippen molar-refractivity contribution in [3.8, 4) is 11.5 Å². The molecule has 0 aromatic heterocycles. The Balaban J connectivity index is 0.000000180. The molecule has 6 nitrogen and oxygen atoms in total. The standard InChI is InChI=1S/2C6H8N2O/c7-4-1-2-6(9)5(8)3-4;7-4-1-2-5(8)6(9)3-4/h2*1-3,9H,7-8H2. The second kappa shape index (κ2) is 5.53. The van der Waals surface area contributed by atoms with Crippen LogP contribution in [0, 0.1) is 0 Å². The van der Waals surface area contributed by atoms with Crippen LogP contribution in [0.5, 0.6) is 11.5 Å². The van der Waals surface area contributed by atoms with Crippen molar-refractivity contribution in [2.24, 2.45) is 0 Å². The molecular formula is C12H16N4O2. The van der Waals surface area contributed by atoms with Gasteiger partial charge in [0.25, 0.3) is 0 Å². The topological polar surface area (TPSA) is 145 Å². The summed E-state index contributed by atoms with van der Waals surface area (Å²) in [7, 11) is 0. The fraction of sp³-hybridized carbons (Fsp3) is 0. The number of nitrogens with two attached hydrogens (primary N) is 4. The molecule has 0 aliphatic carbocycles. The van der Waals surface area contributed by atoms with Crippen molar-refractivity contribution in [3.63, 3.8) is 0 Å². The van der Waals surface area contributed by atoms with Gasteiger partial charge < -0.3 is 33.1 Å². The third-order valence-electron chi connectivity index (χ3n) is 2.11. The molecule has 0 unspecified atom stereocenters. The lowest BCUT2D eigenvalue weighted by Crippen LogP contribution is -1.88. The first-order valence-corrected chi connectivity index (χ1v) is 5.08. The van der Waals surface area contributed by atoms with Gasteiger partial charge in [0.2, 0.25) is 0 Å². The Bertz CT molecular complexity index is 494. The maximum Gasteiger partial charge on any atom is 0.140 e. The smallest absolute Gasteiger partial charge is 0.140 e. The van der Waals surface area contributed by atoms with E-state index in [0.717, 1.165) is 0 Å². The van der Waals surface area contributed by atoms with Crippen LogP contribution in [0.25, 0.3) is 0 Å². The summed E-state index contributed by atoms with van der Waals surface area (Å²) >= 11 is 0. The molecule has 0 atom stereocenters. The summed E-state index contributed by atoms with van der Waals surface area (Å²) in [6.45, 7) is 0. The van der Waals surface area contributed by atoms with Gasteiger partial charge in [-0.2, -0.15) is 0 Å². The fourth-order valence-electron chi connectivity index (χ4n) is 1.13. The van der Waals surface area contributed by atoms with Crippen molar-refractivity contribution in [1.29, 1.82) is 0 Å². The van der Waals surface area contributed by atoms with Gasteiger partial charge in [0.05, 0.1) is 11.4 Å². The highest BCUT2D eigenvalue weighted by molar-refractivity contribution is 5.60. The average Bonchev–Trinajstić information content (AvgIpc) is 2.30. The quantitative estimate of drug-likeness (QED) is 0.234. The van der Waals surface area contributed by atoms with Gasteiger partial charge in [-0.05, 0) is 30.3 Å². The van der Waals surface area contributed by atoms with Crippen LogP contribution in [0.15, 0.2) is 36.4 Å². The molecule has 0 heterocycles. The molecule has 96 valence electrons. The van der Waals surface area contributed by atoms with Crippen LogP contribution < -0.4 is 22.9 Å². The SMILES string of the molecule is Nc1ccc(N)c(O)c1.Nc1ccc(O)c(N)c1. The van der Waals surface area contributed by atoms with Crippen LogP contribution in [0.1, 0.15) is 0 Å². The monoisotopic (exact) mass is 248 g/mol. The van der Waals surface area contributed by atoms with Crippen molar-refractivity contribution in [3.05, 3.63) is 36.4 Å². The Morgan fingerprint density at radius 2 is 1.17 bits per heavy atom. The predicted molar refractivity (Wildman–Crippen MR) is 73.9 cm³/mol. The van der Waals surface area contributed by atoms with Gasteiger partial charge in [0.15, 0.2) is 0 Å². The summed E-state index contributed by atoms with van der Waals surface area (Å²) in [5, 5.41) is 17.8. The van der Waals surface area contributed by atoms with Gasteiger partial charge in [0, 0.05) is 17.4 Å². The first kappa shape index (κ1) is 13.3. The van der Waals surface area contributed by atoms with E-state index < -0.39 is 0 Å². The minimum atomic E-state index is 0.0370. The molecule has 2 aromatic rings. The highest BCUT2D eigenvalue weighted by Gasteiger charge is 1.93. The van der Waals surface area contributed by atoms with Crippen LogP contribution in [0.3, 0.4) is 0 Å². The fourth-order valence-corrected chi connectivity index (χ4v) is 1.13. The zero-order chi connectivity index (χ0) is 13.7. The molecule has 0 aliphatic heterocycles. The van der Waals surface area contributed by atoms with E-state index in [9.17, 15) is 0 Å². The summed E-state index contributed by atoms with van der Waals surface area (Å²) in [5.41, 5.74) is 23.0. The molecule has 0 spiro atoms. The van der Waals surface area contributed by atoms with Gasteiger partial charge in [-0.1, -0.05) is 0 Å². The van der Waals surface area contributed by atoms with Gasteiger partial charge in [-0.15, -0.1) is 0 Å². The van der Waals surface area contributed by atoms with E-state index in [-0.39, 0.29) is 11.5 Å². The second-order valence-corrected chi connectivity index (χ2v) is 3.64. The average molecular weight is 248 g/mol. The number of phenolic OH excluding ortho intramolecular Hbond substituents is 2. The molecule has 0 saturated carbocycles. The van der Waals surface area contributed by atoms with Crippen molar-refractivity contribution in [2.45, 2.75) is 0 Å². The molecule has 2 rings (SSSR count). The number of hydrogen-bond donors (Lipinski definition) is 6. The molecule has 0 saturated heterocycles. The zero-order valence-electron chi connectivity index (χ0n) is 9.67. The minimum absolute atomic E-state index is 0.0370. The van der Waals surface area contributed by atoms with Crippen molar-refractivity contribution >= 4 is 22.7 Å². The van der Waals surface area contributed by atoms with E-state index >= 15 is 0 Å². The van der Waals surface area contributed by atoms with Crippen molar-refractivity contribution in [2.75, 3.05) is 22.9 Å². The summed E-state index contributed by atoms with van der Waals surface area (Å²) in [5.74, 6) is 0.110. The zero-order valence-corrected chi connectivity index (χ0v) is 9.67. The molecule has 0 fully saturated rings. The maximum absolute atomic E-state index is 8.90. The van der Waals surface area contributed by atoms with Crippen LogP contribution in [-0.2, 0) is 0 Å². The molecular weight excluding hydrogens is 232 g/mol. The summed E-state index contributed by atoms with van der Waals surface area (Å²) in [4.78, 5) is 0. The molecule has 2 aromatic carbocycles. The lowest BCUT2D eigenvalue weighted by Gasteiger charge is -1.97. The van der Waals surface area contributed by atoms with E-state index in [1.54, 1.807) is 18.2 Å². The van der Waals surface area contributed by atoms with Gasteiger partial charge in [0.1, 0.15) is 11.5 Å². The number of rotatable bonds is 0. The second-order valence-electron chi connectivity index (χ2n) is 3.64. The van der Waals surface area contributed by atoms with E-state index in [2.05, 4.69) is 0 Å². The molecule has 0 aliphatic rings. The highest BCUT2D eigenvalue weighted by atomic mass is 16.3. The Labute approximate surface area is 104 Å². The van der Waals surface area contributed by atoms with E-state index in [0.29, 0.717) is 22.7 Å².